The van der Waals surface area contributed by atoms with E-state index in [1.165, 1.54) is 6.07 Å². The third-order valence-electron chi connectivity index (χ3n) is 3.41. The minimum Gasteiger partial charge on any atom is -0.207 e. The average Bonchev–Trinajstić information content (AvgIpc) is 2.82. The number of hydrogen-bond donors (Lipinski definition) is 0. The van der Waals surface area contributed by atoms with Crippen LogP contribution in [-0.4, -0.2) is 19.8 Å². The second-order valence-electron chi connectivity index (χ2n) is 4.66. The van der Waals surface area contributed by atoms with Gasteiger partial charge in [0.05, 0.1) is 0 Å². The number of aromatic nitrogens is 4. The van der Waals surface area contributed by atoms with Crippen LogP contribution in [0.4, 0.5) is 4.39 Å². The first-order valence-corrected chi connectivity index (χ1v) is 6.56. The first-order valence-electron chi connectivity index (χ1n) is 6.18. The van der Waals surface area contributed by atoms with Crippen LogP contribution in [0.25, 0.3) is 5.65 Å². The van der Waals surface area contributed by atoms with E-state index in [1.54, 1.807) is 22.7 Å². The number of rotatable bonds is 2. The third kappa shape index (κ3) is 2.04. The predicted molar refractivity (Wildman–Crippen MR) is 74.5 cm³/mol. The van der Waals surface area contributed by atoms with Gasteiger partial charge in [0.1, 0.15) is 5.82 Å². The lowest BCUT2D eigenvalue weighted by atomic mass is 10.1. The van der Waals surface area contributed by atoms with Gasteiger partial charge < -0.3 is 0 Å². The summed E-state index contributed by atoms with van der Waals surface area (Å²) in [5, 5.41) is 12.9. The first kappa shape index (κ1) is 13.0. The molecule has 0 unspecified atom stereocenters. The van der Waals surface area contributed by atoms with Crippen molar-refractivity contribution in [3.63, 3.8) is 0 Å². The lowest BCUT2D eigenvalue weighted by molar-refractivity contribution is 0.611. The molecular weight excluding hydrogens is 279 g/mol. The largest absolute Gasteiger partial charge is 0.207 e. The Hall–Kier alpha value is -2.01. The molecule has 0 spiro atoms. The van der Waals surface area contributed by atoms with Crippen LogP contribution in [0.3, 0.4) is 0 Å². The average molecular weight is 291 g/mol. The zero-order chi connectivity index (χ0) is 14.3. The van der Waals surface area contributed by atoms with Crippen molar-refractivity contribution >= 4 is 17.2 Å². The van der Waals surface area contributed by atoms with Crippen molar-refractivity contribution in [1.82, 2.24) is 19.8 Å². The van der Waals surface area contributed by atoms with Crippen molar-refractivity contribution < 1.29 is 4.39 Å². The highest BCUT2D eigenvalue weighted by Gasteiger charge is 2.14. The summed E-state index contributed by atoms with van der Waals surface area (Å²) >= 11 is 6.09. The van der Waals surface area contributed by atoms with Gasteiger partial charge in [-0.15, -0.1) is 10.2 Å². The SMILES string of the molecule is Cc1c(Cl)nn2c(Cc3ccccc3F)nnc2c1C. The lowest BCUT2D eigenvalue weighted by Crippen LogP contribution is -2.04. The van der Waals surface area contributed by atoms with E-state index in [-0.39, 0.29) is 5.82 Å². The highest BCUT2D eigenvalue weighted by atomic mass is 35.5. The Morgan fingerprint density at radius 2 is 1.90 bits per heavy atom. The maximum absolute atomic E-state index is 13.7. The molecular formula is C14H12ClFN4. The molecule has 3 aromatic rings. The molecule has 2 aromatic heterocycles. The number of nitrogens with zero attached hydrogens (tertiary/aromatic N) is 4. The first-order chi connectivity index (χ1) is 9.58. The molecule has 2 heterocycles. The zero-order valence-electron chi connectivity index (χ0n) is 11.1. The molecule has 3 rings (SSSR count). The molecule has 20 heavy (non-hydrogen) atoms. The predicted octanol–water partition coefficient (Wildman–Crippen LogP) is 3.12. The molecule has 1 aromatic carbocycles. The third-order valence-corrected chi connectivity index (χ3v) is 3.77. The Morgan fingerprint density at radius 1 is 1.15 bits per heavy atom. The molecule has 0 saturated heterocycles. The highest BCUT2D eigenvalue weighted by Crippen LogP contribution is 2.20. The summed E-state index contributed by atoms with van der Waals surface area (Å²) in [7, 11) is 0. The minimum atomic E-state index is -0.265. The molecule has 0 amide bonds. The summed E-state index contributed by atoms with van der Waals surface area (Å²) < 4.78 is 15.3. The van der Waals surface area contributed by atoms with Gasteiger partial charge in [-0.3, -0.25) is 0 Å². The fourth-order valence-corrected chi connectivity index (χ4v) is 2.28. The van der Waals surface area contributed by atoms with Crippen molar-refractivity contribution in [2.75, 3.05) is 0 Å². The van der Waals surface area contributed by atoms with Crippen LogP contribution in [-0.2, 0) is 6.42 Å². The highest BCUT2D eigenvalue weighted by molar-refractivity contribution is 6.30. The summed E-state index contributed by atoms with van der Waals surface area (Å²) in [6.07, 6.45) is 0.319. The summed E-state index contributed by atoms with van der Waals surface area (Å²) in [5.41, 5.74) is 3.01. The second kappa shape index (κ2) is 4.83. The Labute approximate surface area is 120 Å². The molecule has 102 valence electrons. The molecule has 0 fully saturated rings. The van der Waals surface area contributed by atoms with Gasteiger partial charge in [0.2, 0.25) is 0 Å². The quantitative estimate of drug-likeness (QED) is 0.728. The maximum Gasteiger partial charge on any atom is 0.181 e. The van der Waals surface area contributed by atoms with Crippen molar-refractivity contribution in [1.29, 1.82) is 0 Å². The lowest BCUT2D eigenvalue weighted by Gasteiger charge is -2.05. The molecule has 6 heteroatoms. The van der Waals surface area contributed by atoms with Crippen LogP contribution >= 0.6 is 11.6 Å². The van der Waals surface area contributed by atoms with E-state index in [0.717, 1.165) is 11.1 Å². The number of aryl methyl sites for hydroxylation is 1. The molecule has 4 nitrogen and oxygen atoms in total. The molecule has 0 N–H and O–H groups in total. The van der Waals surface area contributed by atoms with E-state index in [1.807, 2.05) is 13.8 Å². The van der Waals surface area contributed by atoms with E-state index < -0.39 is 0 Å². The topological polar surface area (TPSA) is 43.1 Å². The Morgan fingerprint density at radius 3 is 2.65 bits per heavy atom. The van der Waals surface area contributed by atoms with Gasteiger partial charge in [0.25, 0.3) is 0 Å². The fraction of sp³-hybridized carbons (Fsp3) is 0.214. The molecule has 0 atom stereocenters. The van der Waals surface area contributed by atoms with E-state index in [9.17, 15) is 4.39 Å². The summed E-state index contributed by atoms with van der Waals surface area (Å²) in [6.45, 7) is 3.80. The van der Waals surface area contributed by atoms with Crippen molar-refractivity contribution in [3.05, 3.63) is 57.8 Å². The molecule has 0 radical (unpaired) electrons. The molecule has 0 aliphatic heterocycles. The number of halogens is 2. The van der Waals surface area contributed by atoms with Crippen LogP contribution < -0.4 is 0 Å². The number of fused-ring (bicyclic) bond motifs is 1. The molecule has 0 saturated carbocycles. The Kier molecular flexibility index (Phi) is 3.14. The second-order valence-corrected chi connectivity index (χ2v) is 5.02. The van der Waals surface area contributed by atoms with Crippen LogP contribution in [0, 0.1) is 19.7 Å². The molecule has 0 aliphatic carbocycles. The zero-order valence-corrected chi connectivity index (χ0v) is 11.8. The van der Waals surface area contributed by atoms with Crippen LogP contribution in [0.15, 0.2) is 24.3 Å². The van der Waals surface area contributed by atoms with E-state index >= 15 is 0 Å². The molecule has 0 bridgehead atoms. The van der Waals surface area contributed by atoms with Crippen molar-refractivity contribution in [3.8, 4) is 0 Å². The van der Waals surface area contributed by atoms with E-state index in [2.05, 4.69) is 15.3 Å². The summed E-state index contributed by atoms with van der Waals surface area (Å²) in [5.74, 6) is 0.300. The van der Waals surface area contributed by atoms with Gasteiger partial charge in [0.15, 0.2) is 16.6 Å². The number of benzene rings is 1. The standard InChI is InChI=1S/C14H12ClFN4/c1-8-9(2)14-18-17-12(20(14)19-13(8)15)7-10-5-3-4-6-11(10)16/h3-6H,7H2,1-2H3. The van der Waals surface area contributed by atoms with Gasteiger partial charge in [-0.05, 0) is 31.0 Å². The molecule has 0 aliphatic rings. The summed E-state index contributed by atoms with van der Waals surface area (Å²) in [4.78, 5) is 0. The van der Waals surface area contributed by atoms with Gasteiger partial charge in [-0.2, -0.15) is 9.61 Å². The van der Waals surface area contributed by atoms with E-state index in [0.29, 0.717) is 28.6 Å². The van der Waals surface area contributed by atoms with Gasteiger partial charge in [-0.1, -0.05) is 29.8 Å². The van der Waals surface area contributed by atoms with E-state index in [4.69, 9.17) is 11.6 Å². The Balaban J connectivity index is 2.12. The van der Waals surface area contributed by atoms with Crippen LogP contribution in [0.2, 0.25) is 5.15 Å². The summed E-state index contributed by atoms with van der Waals surface area (Å²) in [6, 6.07) is 6.59. The monoisotopic (exact) mass is 290 g/mol. The minimum absolute atomic E-state index is 0.265. The van der Waals surface area contributed by atoms with Crippen LogP contribution in [0.1, 0.15) is 22.5 Å². The smallest absolute Gasteiger partial charge is 0.181 e. The fourth-order valence-electron chi connectivity index (χ4n) is 2.06. The van der Waals surface area contributed by atoms with Crippen molar-refractivity contribution in [2.45, 2.75) is 20.3 Å². The van der Waals surface area contributed by atoms with Gasteiger partial charge >= 0.3 is 0 Å². The van der Waals surface area contributed by atoms with Gasteiger partial charge in [-0.25, -0.2) is 4.39 Å². The van der Waals surface area contributed by atoms with Crippen molar-refractivity contribution in [2.24, 2.45) is 0 Å². The van der Waals surface area contributed by atoms with Gasteiger partial charge in [0, 0.05) is 12.0 Å². The Bertz CT molecular complexity index is 797. The maximum atomic E-state index is 13.7. The normalized spacial score (nSPS) is 11.2. The van der Waals surface area contributed by atoms with Crippen LogP contribution in [0.5, 0.6) is 0 Å². The number of hydrogen-bond acceptors (Lipinski definition) is 3.